The highest BCUT2D eigenvalue weighted by Gasteiger charge is 2.10. The molecule has 0 saturated carbocycles. The minimum absolute atomic E-state index is 0.578. The summed E-state index contributed by atoms with van der Waals surface area (Å²) in [5, 5.41) is 3.31. The summed E-state index contributed by atoms with van der Waals surface area (Å²) in [6.45, 7) is 4.69. The highest BCUT2D eigenvalue weighted by molar-refractivity contribution is 9.11. The first-order valence-corrected chi connectivity index (χ1v) is 9.36. The fraction of sp³-hybridized carbons (Fsp3) is 0.250. The van der Waals surface area contributed by atoms with Gasteiger partial charge < -0.3 is 0 Å². The maximum absolute atomic E-state index is 5.40. The molecule has 1 N–H and O–H groups in total. The van der Waals surface area contributed by atoms with Crippen molar-refractivity contribution in [2.24, 2.45) is 0 Å². The molecule has 0 radical (unpaired) electrons. The van der Waals surface area contributed by atoms with E-state index in [0.29, 0.717) is 11.4 Å². The molecule has 0 unspecified atom stereocenters. The Morgan fingerprint density at radius 3 is 2.70 bits per heavy atom. The second-order valence-corrected chi connectivity index (χ2v) is 8.05. The molecule has 23 heavy (non-hydrogen) atoms. The van der Waals surface area contributed by atoms with E-state index in [9.17, 15) is 0 Å². The third-order valence-corrected chi connectivity index (χ3v) is 5.44. The summed E-state index contributed by atoms with van der Waals surface area (Å²) in [7, 11) is 0. The molecular formula is C16H17BrN4S2. The van der Waals surface area contributed by atoms with E-state index < -0.39 is 0 Å². The van der Waals surface area contributed by atoms with Gasteiger partial charge in [-0.05, 0) is 46.8 Å². The fourth-order valence-electron chi connectivity index (χ4n) is 2.30. The molecule has 3 aromatic rings. The summed E-state index contributed by atoms with van der Waals surface area (Å²) in [6.07, 6.45) is 0. The molecule has 3 rings (SSSR count). The van der Waals surface area contributed by atoms with E-state index >= 15 is 0 Å². The van der Waals surface area contributed by atoms with Crippen LogP contribution in [0.5, 0.6) is 0 Å². The first-order valence-electron chi connectivity index (χ1n) is 7.34. The van der Waals surface area contributed by atoms with Crippen LogP contribution in [0.15, 0.2) is 46.3 Å². The lowest BCUT2D eigenvalue weighted by Crippen LogP contribution is -2.26. The number of H-pyrrole nitrogens is 1. The molecule has 4 nitrogen and oxygen atoms in total. The van der Waals surface area contributed by atoms with Gasteiger partial charge in [0, 0.05) is 17.0 Å². The van der Waals surface area contributed by atoms with Crippen molar-refractivity contribution in [2.75, 3.05) is 6.54 Å². The molecule has 0 aliphatic carbocycles. The molecule has 120 valence electrons. The van der Waals surface area contributed by atoms with Crippen LogP contribution in [0.25, 0.3) is 11.4 Å². The standard InChI is InChI=1S/C16H17BrN4S2/c1-2-20(10-13-8-9-14(17)23-13)11-21-16(22)18-15(19-21)12-6-4-3-5-7-12/h3-9H,2,10-11H2,1H3,(H,18,19,22). The Hall–Kier alpha value is -1.28. The van der Waals surface area contributed by atoms with Gasteiger partial charge >= 0.3 is 0 Å². The van der Waals surface area contributed by atoms with Gasteiger partial charge in [-0.15, -0.1) is 11.3 Å². The van der Waals surface area contributed by atoms with Crippen LogP contribution in [0, 0.1) is 4.77 Å². The Bertz CT molecular complexity index is 822. The van der Waals surface area contributed by atoms with E-state index in [1.54, 1.807) is 11.3 Å². The second-order valence-electron chi connectivity index (χ2n) is 5.14. The molecule has 7 heteroatoms. The molecule has 2 aromatic heterocycles. The molecule has 0 amide bonds. The van der Waals surface area contributed by atoms with Crippen molar-refractivity contribution < 1.29 is 0 Å². The molecule has 0 fully saturated rings. The van der Waals surface area contributed by atoms with E-state index in [1.165, 1.54) is 4.88 Å². The largest absolute Gasteiger partial charge is 0.280 e. The molecule has 0 bridgehead atoms. The number of nitrogens with one attached hydrogen (secondary N) is 1. The van der Waals surface area contributed by atoms with Gasteiger partial charge in [0.15, 0.2) is 5.82 Å². The van der Waals surface area contributed by atoms with Gasteiger partial charge in [-0.25, -0.2) is 4.68 Å². The summed E-state index contributed by atoms with van der Waals surface area (Å²) in [6, 6.07) is 14.3. The van der Waals surface area contributed by atoms with Gasteiger partial charge in [0.1, 0.15) is 0 Å². The molecule has 1 aromatic carbocycles. The molecule has 0 atom stereocenters. The molecule has 2 heterocycles. The zero-order chi connectivity index (χ0) is 16.2. The number of nitrogens with zero attached hydrogens (tertiary/aromatic N) is 3. The number of aromatic nitrogens is 3. The lowest BCUT2D eigenvalue weighted by atomic mass is 10.2. The predicted octanol–water partition coefficient (Wildman–Crippen LogP) is 4.91. The molecule has 0 spiro atoms. The Morgan fingerprint density at radius 1 is 1.26 bits per heavy atom. The average molecular weight is 409 g/mol. The number of hydrogen-bond donors (Lipinski definition) is 1. The maximum Gasteiger partial charge on any atom is 0.217 e. The number of thiophene rings is 1. The predicted molar refractivity (Wildman–Crippen MR) is 101 cm³/mol. The summed E-state index contributed by atoms with van der Waals surface area (Å²) in [5.41, 5.74) is 1.04. The van der Waals surface area contributed by atoms with E-state index in [0.717, 1.165) is 28.3 Å². The van der Waals surface area contributed by atoms with Crippen LogP contribution in [-0.2, 0) is 13.2 Å². The lowest BCUT2D eigenvalue weighted by Gasteiger charge is -2.19. The van der Waals surface area contributed by atoms with Crippen molar-refractivity contribution in [1.29, 1.82) is 0 Å². The smallest absolute Gasteiger partial charge is 0.217 e. The summed E-state index contributed by atoms with van der Waals surface area (Å²) < 4.78 is 3.66. The van der Waals surface area contributed by atoms with E-state index in [1.807, 2.05) is 35.0 Å². The van der Waals surface area contributed by atoms with Crippen molar-refractivity contribution in [2.45, 2.75) is 20.1 Å². The topological polar surface area (TPSA) is 36.9 Å². The van der Waals surface area contributed by atoms with Crippen molar-refractivity contribution in [3.05, 3.63) is 55.9 Å². The van der Waals surface area contributed by atoms with Gasteiger partial charge in [-0.2, -0.15) is 4.98 Å². The first-order chi connectivity index (χ1) is 11.2. The number of hydrogen-bond acceptors (Lipinski definition) is 4. The van der Waals surface area contributed by atoms with Crippen LogP contribution in [0.3, 0.4) is 0 Å². The summed E-state index contributed by atoms with van der Waals surface area (Å²) in [4.78, 5) is 8.12. The highest BCUT2D eigenvalue weighted by Crippen LogP contribution is 2.23. The molecule has 0 aliphatic heterocycles. The van der Waals surface area contributed by atoms with Gasteiger partial charge in [0.05, 0.1) is 10.5 Å². The zero-order valence-corrected chi connectivity index (χ0v) is 15.9. The van der Waals surface area contributed by atoms with E-state index in [2.05, 4.69) is 50.0 Å². The van der Waals surface area contributed by atoms with Gasteiger partial charge in [0.2, 0.25) is 4.77 Å². The number of aromatic amines is 1. The quantitative estimate of drug-likeness (QED) is 0.588. The summed E-state index contributed by atoms with van der Waals surface area (Å²) >= 11 is 10.7. The Balaban J connectivity index is 1.76. The van der Waals surface area contributed by atoms with Gasteiger partial charge in [-0.1, -0.05) is 37.3 Å². The minimum atomic E-state index is 0.578. The van der Waals surface area contributed by atoms with Gasteiger partial charge in [-0.3, -0.25) is 10.00 Å². The average Bonchev–Trinajstić information content (AvgIpc) is 3.14. The normalized spacial score (nSPS) is 11.3. The molecule has 0 saturated heterocycles. The minimum Gasteiger partial charge on any atom is -0.280 e. The lowest BCUT2D eigenvalue weighted by molar-refractivity contribution is 0.209. The van der Waals surface area contributed by atoms with Crippen LogP contribution < -0.4 is 0 Å². The maximum atomic E-state index is 5.40. The number of halogens is 1. The van der Waals surface area contributed by atoms with Crippen molar-refractivity contribution in [1.82, 2.24) is 19.7 Å². The van der Waals surface area contributed by atoms with Crippen LogP contribution in [-0.4, -0.2) is 26.2 Å². The SMILES string of the molecule is CCN(Cc1ccc(Br)s1)Cn1[nH]c(-c2ccccc2)nc1=S. The van der Waals surface area contributed by atoms with Crippen LogP contribution in [0.1, 0.15) is 11.8 Å². The highest BCUT2D eigenvalue weighted by atomic mass is 79.9. The zero-order valence-electron chi connectivity index (χ0n) is 12.7. The Kier molecular flexibility index (Phi) is 5.42. The van der Waals surface area contributed by atoms with Crippen LogP contribution in [0.4, 0.5) is 0 Å². The summed E-state index contributed by atoms with van der Waals surface area (Å²) in [5.74, 6) is 0.811. The van der Waals surface area contributed by atoms with Crippen LogP contribution >= 0.6 is 39.5 Å². The van der Waals surface area contributed by atoms with Crippen molar-refractivity contribution in [3.63, 3.8) is 0 Å². The molecular weight excluding hydrogens is 392 g/mol. The van der Waals surface area contributed by atoms with Gasteiger partial charge in [0.25, 0.3) is 0 Å². The number of benzene rings is 1. The second kappa shape index (κ2) is 7.53. The van der Waals surface area contributed by atoms with E-state index in [4.69, 9.17) is 12.2 Å². The molecule has 0 aliphatic rings. The third kappa shape index (κ3) is 4.17. The van der Waals surface area contributed by atoms with Crippen molar-refractivity contribution in [3.8, 4) is 11.4 Å². The third-order valence-electron chi connectivity index (χ3n) is 3.52. The van der Waals surface area contributed by atoms with E-state index in [-0.39, 0.29) is 0 Å². The Labute approximate surface area is 152 Å². The Morgan fingerprint density at radius 2 is 2.04 bits per heavy atom. The van der Waals surface area contributed by atoms with Crippen LogP contribution in [0.2, 0.25) is 0 Å². The monoisotopic (exact) mass is 408 g/mol. The van der Waals surface area contributed by atoms with Crippen molar-refractivity contribution >= 4 is 39.5 Å². The number of rotatable bonds is 6. The first kappa shape index (κ1) is 16.6. The fourth-order valence-corrected chi connectivity index (χ4v) is 4.02.